The van der Waals surface area contributed by atoms with E-state index in [4.69, 9.17) is 40.9 Å². The molecule has 0 N–H and O–H groups in total. The lowest BCUT2D eigenvalue weighted by Gasteiger charge is -2.21. The summed E-state index contributed by atoms with van der Waals surface area (Å²) in [7, 11) is 0. The summed E-state index contributed by atoms with van der Waals surface area (Å²) in [6, 6.07) is 1.61. The first-order chi connectivity index (χ1) is 47.4. The monoisotopic (exact) mass is 1400 g/mol. The average molecular weight is 1400 g/mol. The first-order valence-electron chi connectivity index (χ1n) is 35.6. The quantitative estimate of drug-likeness (QED) is 0.150. The number of oxazole rings is 7. The molecule has 0 aromatic carbocycles. The second-order valence-electron chi connectivity index (χ2n) is 26.6. The molecular weight excluding hydrogens is 1280 g/mol. The van der Waals surface area contributed by atoms with Gasteiger partial charge in [-0.1, -0.05) is 51.4 Å². The summed E-state index contributed by atoms with van der Waals surface area (Å²) in [5.41, 5.74) is 9.34. The summed E-state index contributed by atoms with van der Waals surface area (Å²) >= 11 is 1.67. The minimum atomic E-state index is 0.532. The van der Waals surface area contributed by atoms with Crippen molar-refractivity contribution in [3.63, 3.8) is 0 Å². The zero-order valence-electron chi connectivity index (χ0n) is 65.2. The fourth-order valence-electron chi connectivity index (χ4n) is 11.7. The number of thiazole rings is 1. The molecule has 0 radical (unpaired) electrons. The second-order valence-corrected chi connectivity index (χ2v) is 27.7. The number of imidazole rings is 3. The normalized spacial score (nSPS) is 13.4. The highest BCUT2D eigenvalue weighted by Gasteiger charge is 2.24. The Morgan fingerprint density at radius 2 is 0.930 bits per heavy atom. The van der Waals surface area contributed by atoms with Crippen molar-refractivity contribution in [2.45, 2.75) is 299 Å². The van der Waals surface area contributed by atoms with Crippen LogP contribution in [0.2, 0.25) is 0 Å². The fourth-order valence-corrected chi connectivity index (χ4v) is 12.2. The van der Waals surface area contributed by atoms with Crippen LogP contribution >= 0.6 is 11.3 Å². The Kier molecular flexibility index (Phi) is 37.1. The molecule has 11 aromatic heterocycles. The molecule has 0 amide bonds. The predicted molar refractivity (Wildman–Crippen MR) is 398 cm³/mol. The summed E-state index contributed by atoms with van der Waals surface area (Å²) in [5, 5.41) is 3.10. The van der Waals surface area contributed by atoms with Crippen LogP contribution in [0.15, 0.2) is 98.8 Å². The third-order valence-corrected chi connectivity index (χ3v) is 17.8. The van der Waals surface area contributed by atoms with Gasteiger partial charge in [0.2, 0.25) is 0 Å². The summed E-state index contributed by atoms with van der Waals surface area (Å²) < 4.78 is 41.3. The topological polar surface area (TPSA) is 249 Å². The van der Waals surface area contributed by atoms with E-state index in [2.05, 4.69) is 140 Å². The molecule has 11 heterocycles. The summed E-state index contributed by atoms with van der Waals surface area (Å²) in [6.45, 7) is 50.2. The van der Waals surface area contributed by atoms with Gasteiger partial charge in [0.25, 0.3) is 0 Å². The van der Waals surface area contributed by atoms with Gasteiger partial charge in [-0.2, -0.15) is 0 Å². The van der Waals surface area contributed by atoms with Crippen molar-refractivity contribution in [3.05, 3.63) is 194 Å². The highest BCUT2D eigenvalue weighted by atomic mass is 32.1. The van der Waals surface area contributed by atoms with Gasteiger partial charge in [0, 0.05) is 100 Å². The fraction of sp³-hybridized carbons (Fsp3) is 0.577. The lowest BCUT2D eigenvalue weighted by molar-refractivity contribution is 0.435. The average Bonchev–Trinajstić information content (AvgIpc) is 1.67. The van der Waals surface area contributed by atoms with Crippen LogP contribution in [0.3, 0.4) is 0 Å². The number of hydrogen-bond acceptors (Lipinski definition) is 19. The van der Waals surface area contributed by atoms with Crippen LogP contribution in [0.4, 0.5) is 0 Å². The van der Waals surface area contributed by atoms with Crippen LogP contribution in [0.1, 0.15) is 294 Å². The van der Waals surface area contributed by atoms with E-state index >= 15 is 0 Å². The van der Waals surface area contributed by atoms with Crippen molar-refractivity contribution in [2.24, 2.45) is 0 Å². The van der Waals surface area contributed by atoms with Crippen molar-refractivity contribution in [1.82, 2.24) is 68.5 Å². The SMILES string of the molecule is Cc1cnc(C)o1.Cc1cnco1.Cc1coc(C)n1.Cc1nc(C)c(C)o1.Cc1nc(C)c(C)o1.Cc1nc(C2CCCC2)cn1C(C)C.Cc1nc(C2CCCCC2)c(C)n1C(C)C.Cc1nc(C2CCCCC2)cn1C(C)C.Cc1ncco1.Cc1nccs1.Cc1ncoc1C. The molecule has 0 atom stereocenters. The number of nitrogens with zero attached hydrogens (tertiary/aromatic N) is 14. The van der Waals surface area contributed by atoms with Crippen LogP contribution < -0.4 is 0 Å². The molecule has 0 bridgehead atoms. The largest absolute Gasteiger partial charge is 0.449 e. The summed E-state index contributed by atoms with van der Waals surface area (Å²) in [6.07, 6.45) is 36.6. The molecule has 3 saturated carbocycles. The second kappa shape index (κ2) is 44.1. The van der Waals surface area contributed by atoms with Gasteiger partial charge in [-0.25, -0.2) is 49.8 Å². The Morgan fingerprint density at radius 1 is 0.410 bits per heavy atom. The first kappa shape index (κ1) is 84.1. The lowest BCUT2D eigenvalue weighted by atomic mass is 9.86. The van der Waals surface area contributed by atoms with Crippen LogP contribution in [0.25, 0.3) is 0 Å². The molecule has 0 aliphatic heterocycles. The summed E-state index contributed by atoms with van der Waals surface area (Å²) in [4.78, 5) is 45.3. The molecule has 3 fully saturated rings. The van der Waals surface area contributed by atoms with Crippen molar-refractivity contribution >= 4 is 11.3 Å². The van der Waals surface area contributed by atoms with Gasteiger partial charge < -0.3 is 44.6 Å². The maximum Gasteiger partial charge on any atom is 0.191 e. The van der Waals surface area contributed by atoms with Crippen molar-refractivity contribution in [2.75, 3.05) is 0 Å². The molecule has 100 heavy (non-hydrogen) atoms. The Labute approximate surface area is 600 Å². The third-order valence-electron chi connectivity index (χ3n) is 17.0. The van der Waals surface area contributed by atoms with E-state index in [-0.39, 0.29) is 0 Å². The molecule has 3 aliphatic rings. The number of rotatable bonds is 6. The van der Waals surface area contributed by atoms with E-state index in [0.29, 0.717) is 18.1 Å². The third kappa shape index (κ3) is 30.7. The van der Waals surface area contributed by atoms with Crippen LogP contribution in [0.5, 0.6) is 0 Å². The number of hydrogen-bond donors (Lipinski definition) is 0. The van der Waals surface area contributed by atoms with Gasteiger partial charge in [0.1, 0.15) is 58.8 Å². The van der Waals surface area contributed by atoms with Crippen LogP contribution in [-0.4, -0.2) is 68.5 Å². The van der Waals surface area contributed by atoms with Gasteiger partial charge in [0.05, 0.1) is 63.5 Å². The van der Waals surface area contributed by atoms with Gasteiger partial charge in [0.15, 0.2) is 42.2 Å². The van der Waals surface area contributed by atoms with E-state index in [9.17, 15) is 0 Å². The van der Waals surface area contributed by atoms with Gasteiger partial charge in [-0.3, -0.25) is 4.98 Å². The first-order valence-corrected chi connectivity index (χ1v) is 36.5. The summed E-state index contributed by atoms with van der Waals surface area (Å²) in [5.74, 6) is 13.9. The molecule has 11 aromatic rings. The number of aryl methyl sites for hydroxylation is 18. The molecule has 14 rings (SSSR count). The standard InChI is InChI=1S/C14H24N2.C13H22N2.C12H20N2.2C6H9NO.3C5H7NO.2C4H5NO.C4H5NS/c1-10(2)16-11(3)14(15-12(16)4)13-8-6-5-7-9-13;1-10(2)15-9-13(14-11(15)3)12-7-5-4-6-8-12;1-9(2)14-8-12(13-10(14)3)11-6-4-5-7-11;2*1-4-5(2)8-6(3)7-4;1-4-5(2)7-3-6-4;1-4-3-7-5(2)6-4;1-4-3-6-5(2)7-4;1-4-2-5-3-6-4;2*1-4-5-2-3-6-4/h10,13H,5-9H2,1-4H3;9-10,12H,4-8H2,1-3H3;8-9,11H,4-7H2,1-3H3;2*1-3H3;3*3H,1-2H3;3*2-3H,1H3. The van der Waals surface area contributed by atoms with Gasteiger partial charge >= 0.3 is 0 Å². The molecule has 0 unspecified atom stereocenters. The van der Waals surface area contributed by atoms with E-state index in [1.165, 1.54) is 143 Å². The molecule has 0 spiro atoms. The van der Waals surface area contributed by atoms with Gasteiger partial charge in [-0.05, 0) is 177 Å². The van der Waals surface area contributed by atoms with E-state index in [1.807, 2.05) is 102 Å². The molecular formula is C78H120N14O7S. The molecule has 0 saturated heterocycles. The van der Waals surface area contributed by atoms with Crippen LogP contribution in [-0.2, 0) is 0 Å². The Bertz CT molecular complexity index is 3640. The van der Waals surface area contributed by atoms with E-state index in [1.54, 1.807) is 55.6 Å². The van der Waals surface area contributed by atoms with Gasteiger partial charge in [-0.15, -0.1) is 11.3 Å². The number of aromatic nitrogens is 14. The molecule has 550 valence electrons. The maximum absolute atomic E-state index is 5.10. The molecule has 22 heteroatoms. The minimum Gasteiger partial charge on any atom is -0.449 e. The van der Waals surface area contributed by atoms with Crippen molar-refractivity contribution in [1.29, 1.82) is 0 Å². The smallest absolute Gasteiger partial charge is 0.191 e. The molecule has 21 nitrogen and oxygen atoms in total. The van der Waals surface area contributed by atoms with E-state index in [0.717, 1.165) is 104 Å². The Balaban J connectivity index is 0.000000238. The Hall–Kier alpha value is -8.27. The van der Waals surface area contributed by atoms with Crippen LogP contribution in [0, 0.1) is 132 Å². The molecule has 3 aliphatic carbocycles. The van der Waals surface area contributed by atoms with E-state index < -0.39 is 0 Å². The van der Waals surface area contributed by atoms with Crippen molar-refractivity contribution < 1.29 is 30.9 Å². The lowest BCUT2D eigenvalue weighted by Crippen LogP contribution is -2.08. The maximum atomic E-state index is 5.10. The zero-order chi connectivity index (χ0) is 74.0. The predicted octanol–water partition coefficient (Wildman–Crippen LogP) is 21.9. The zero-order valence-corrected chi connectivity index (χ0v) is 66.1. The highest BCUT2D eigenvalue weighted by Crippen LogP contribution is 2.36. The Morgan fingerprint density at radius 3 is 1.15 bits per heavy atom. The van der Waals surface area contributed by atoms with Crippen molar-refractivity contribution in [3.8, 4) is 0 Å². The highest BCUT2D eigenvalue weighted by molar-refractivity contribution is 7.09. The minimum absolute atomic E-state index is 0.532.